The first-order chi connectivity index (χ1) is 13.4. The summed E-state index contributed by atoms with van der Waals surface area (Å²) in [6, 6.07) is -4.05. The van der Waals surface area contributed by atoms with Crippen molar-refractivity contribution in [1.29, 1.82) is 0 Å². The fraction of sp³-hybridized carbons (Fsp3) is 0.706. The molecule has 0 aliphatic carbocycles. The van der Waals surface area contributed by atoms with Crippen LogP contribution in [-0.4, -0.2) is 76.6 Å². The van der Waals surface area contributed by atoms with E-state index in [4.69, 9.17) is 16.6 Å². The van der Waals surface area contributed by atoms with E-state index in [-0.39, 0.29) is 38.1 Å². The molecular weight excluding hydrogens is 386 g/mol. The standard InChI is InChI=1S/C17H31N5O7/c1-9(2)13(21-14(25)10(18)6-7-12(23)24)15(26)22(3)11(16(27)28)5-4-8-20-17(19)29/h9-11,13H,4-8,18H2,1-3H3,(H,21,25)(H,23,24)(H,27,28)(H3,19,20,29)/t10-,11-,13-/m0/s1. The van der Waals surface area contributed by atoms with Gasteiger partial charge in [0.15, 0.2) is 0 Å². The van der Waals surface area contributed by atoms with Crippen LogP contribution in [0.15, 0.2) is 0 Å². The van der Waals surface area contributed by atoms with Crippen LogP contribution in [0.3, 0.4) is 0 Å². The zero-order chi connectivity index (χ0) is 22.7. The van der Waals surface area contributed by atoms with Crippen LogP contribution in [0.2, 0.25) is 0 Å². The quantitative estimate of drug-likeness (QED) is 0.198. The summed E-state index contributed by atoms with van der Waals surface area (Å²) in [5, 5.41) is 22.9. The van der Waals surface area contributed by atoms with Gasteiger partial charge in [-0.15, -0.1) is 0 Å². The van der Waals surface area contributed by atoms with E-state index >= 15 is 0 Å². The van der Waals surface area contributed by atoms with Crippen molar-refractivity contribution >= 4 is 29.8 Å². The van der Waals surface area contributed by atoms with Gasteiger partial charge in [0, 0.05) is 20.0 Å². The molecule has 0 fully saturated rings. The second kappa shape index (κ2) is 12.5. The lowest BCUT2D eigenvalue weighted by atomic mass is 10.00. The third-order valence-electron chi connectivity index (χ3n) is 4.29. The summed E-state index contributed by atoms with van der Waals surface area (Å²) in [5.74, 6) is -4.00. The number of primary amides is 1. The Morgan fingerprint density at radius 1 is 1.07 bits per heavy atom. The Bertz CT molecular complexity index is 611. The molecule has 0 unspecified atom stereocenters. The van der Waals surface area contributed by atoms with E-state index in [1.165, 1.54) is 7.05 Å². The Morgan fingerprint density at radius 2 is 1.66 bits per heavy atom. The van der Waals surface area contributed by atoms with Crippen molar-refractivity contribution in [3.05, 3.63) is 0 Å². The van der Waals surface area contributed by atoms with E-state index in [1.807, 2.05) is 0 Å². The lowest BCUT2D eigenvalue weighted by Crippen LogP contribution is -2.56. The summed E-state index contributed by atoms with van der Waals surface area (Å²) >= 11 is 0. The van der Waals surface area contributed by atoms with E-state index in [2.05, 4.69) is 10.6 Å². The topological polar surface area (TPSA) is 205 Å². The number of hydrogen-bond acceptors (Lipinski definition) is 6. The van der Waals surface area contributed by atoms with Crippen molar-refractivity contribution in [2.24, 2.45) is 17.4 Å². The van der Waals surface area contributed by atoms with Crippen LogP contribution >= 0.6 is 0 Å². The summed E-state index contributed by atoms with van der Waals surface area (Å²) in [5.41, 5.74) is 10.6. The summed E-state index contributed by atoms with van der Waals surface area (Å²) < 4.78 is 0. The average molecular weight is 417 g/mol. The number of carboxylic acids is 2. The SMILES string of the molecule is CC(C)[C@H](NC(=O)[C@@H](N)CCC(=O)O)C(=O)N(C)[C@@H](CCCNC(N)=O)C(=O)O. The summed E-state index contributed by atoms with van der Waals surface area (Å²) in [6.07, 6.45) is -0.0547. The number of hydrogen-bond donors (Lipinski definition) is 6. The van der Waals surface area contributed by atoms with Gasteiger partial charge >= 0.3 is 18.0 Å². The molecule has 0 heterocycles. The van der Waals surface area contributed by atoms with Crippen molar-refractivity contribution in [3.8, 4) is 0 Å². The smallest absolute Gasteiger partial charge is 0.326 e. The molecule has 0 aromatic rings. The number of nitrogens with zero attached hydrogens (tertiary/aromatic N) is 1. The number of likely N-dealkylation sites (N-methyl/N-ethyl adjacent to an activating group) is 1. The van der Waals surface area contributed by atoms with Gasteiger partial charge in [-0.1, -0.05) is 13.8 Å². The number of carbonyl (C=O) groups excluding carboxylic acids is 3. The van der Waals surface area contributed by atoms with E-state index < -0.39 is 47.9 Å². The first kappa shape index (κ1) is 26.1. The normalized spacial score (nSPS) is 13.8. The van der Waals surface area contributed by atoms with Crippen LogP contribution in [-0.2, 0) is 19.2 Å². The number of urea groups is 1. The van der Waals surface area contributed by atoms with Crippen molar-refractivity contribution in [1.82, 2.24) is 15.5 Å². The van der Waals surface area contributed by atoms with Gasteiger partial charge < -0.3 is 37.2 Å². The minimum Gasteiger partial charge on any atom is -0.481 e. The molecule has 0 rings (SSSR count). The van der Waals surface area contributed by atoms with Gasteiger partial charge in [-0.25, -0.2) is 9.59 Å². The second-order valence-corrected chi connectivity index (χ2v) is 7.01. The number of nitrogens with one attached hydrogen (secondary N) is 2. The Labute approximate surface area is 169 Å². The number of nitrogens with two attached hydrogens (primary N) is 2. The fourth-order valence-electron chi connectivity index (χ4n) is 2.55. The van der Waals surface area contributed by atoms with Crippen molar-refractivity contribution in [2.45, 2.75) is 57.7 Å². The molecule has 3 atom stereocenters. The molecule has 4 amide bonds. The number of carboxylic acid groups (broad SMARTS) is 2. The number of amides is 4. The van der Waals surface area contributed by atoms with Crippen molar-refractivity contribution < 1.29 is 34.2 Å². The molecule has 0 saturated carbocycles. The highest BCUT2D eigenvalue weighted by Crippen LogP contribution is 2.12. The number of rotatable bonds is 13. The molecule has 0 aliphatic rings. The van der Waals surface area contributed by atoms with Gasteiger partial charge in [-0.3, -0.25) is 14.4 Å². The molecule has 8 N–H and O–H groups in total. The second-order valence-electron chi connectivity index (χ2n) is 7.01. The predicted octanol–water partition coefficient (Wildman–Crippen LogP) is -1.32. The maximum absolute atomic E-state index is 12.8. The molecule has 0 radical (unpaired) electrons. The lowest BCUT2D eigenvalue weighted by Gasteiger charge is -2.31. The van der Waals surface area contributed by atoms with Crippen molar-refractivity contribution in [3.63, 3.8) is 0 Å². The third-order valence-corrected chi connectivity index (χ3v) is 4.29. The zero-order valence-corrected chi connectivity index (χ0v) is 16.9. The highest BCUT2D eigenvalue weighted by atomic mass is 16.4. The first-order valence-electron chi connectivity index (χ1n) is 9.19. The summed E-state index contributed by atoms with van der Waals surface area (Å²) in [6.45, 7) is 3.50. The van der Waals surface area contributed by atoms with Crippen LogP contribution in [0.25, 0.3) is 0 Å². The Balaban J connectivity index is 5.08. The van der Waals surface area contributed by atoms with Crippen LogP contribution in [0.4, 0.5) is 4.79 Å². The number of carbonyl (C=O) groups is 5. The maximum Gasteiger partial charge on any atom is 0.326 e. The van der Waals surface area contributed by atoms with E-state index in [0.717, 1.165) is 4.90 Å². The van der Waals surface area contributed by atoms with Crippen LogP contribution < -0.4 is 22.1 Å². The molecule has 0 saturated heterocycles. The van der Waals surface area contributed by atoms with Gasteiger partial charge in [0.2, 0.25) is 11.8 Å². The molecule has 0 spiro atoms. The van der Waals surface area contributed by atoms with Gasteiger partial charge in [-0.05, 0) is 25.2 Å². The molecule has 12 nitrogen and oxygen atoms in total. The van der Waals surface area contributed by atoms with E-state index in [1.54, 1.807) is 13.8 Å². The zero-order valence-electron chi connectivity index (χ0n) is 16.9. The Kier molecular flexibility index (Phi) is 11.3. The van der Waals surface area contributed by atoms with E-state index in [0.29, 0.717) is 0 Å². The van der Waals surface area contributed by atoms with Gasteiger partial charge in [0.25, 0.3) is 0 Å². The molecule has 0 aromatic carbocycles. The predicted molar refractivity (Wildman–Crippen MR) is 103 cm³/mol. The van der Waals surface area contributed by atoms with Gasteiger partial charge in [0.05, 0.1) is 6.04 Å². The first-order valence-corrected chi connectivity index (χ1v) is 9.19. The largest absolute Gasteiger partial charge is 0.481 e. The average Bonchev–Trinajstić information content (AvgIpc) is 2.61. The minimum atomic E-state index is -1.23. The number of aliphatic carboxylic acids is 2. The fourth-order valence-corrected chi connectivity index (χ4v) is 2.55. The molecule has 166 valence electrons. The summed E-state index contributed by atoms with van der Waals surface area (Å²) in [4.78, 5) is 58.9. The summed E-state index contributed by atoms with van der Waals surface area (Å²) in [7, 11) is 1.31. The van der Waals surface area contributed by atoms with Crippen LogP contribution in [0.5, 0.6) is 0 Å². The maximum atomic E-state index is 12.8. The van der Waals surface area contributed by atoms with Gasteiger partial charge in [-0.2, -0.15) is 0 Å². The molecule has 0 bridgehead atoms. The monoisotopic (exact) mass is 417 g/mol. The third kappa shape index (κ3) is 9.74. The van der Waals surface area contributed by atoms with Gasteiger partial charge in [0.1, 0.15) is 12.1 Å². The highest BCUT2D eigenvalue weighted by molar-refractivity contribution is 5.92. The van der Waals surface area contributed by atoms with E-state index in [9.17, 15) is 29.1 Å². The molecule has 0 aromatic heterocycles. The minimum absolute atomic E-state index is 0.0642. The van der Waals surface area contributed by atoms with Crippen LogP contribution in [0, 0.1) is 5.92 Å². The molecule has 29 heavy (non-hydrogen) atoms. The Morgan fingerprint density at radius 3 is 2.10 bits per heavy atom. The molecular formula is C17H31N5O7. The van der Waals surface area contributed by atoms with Crippen LogP contribution in [0.1, 0.15) is 39.5 Å². The Hall–Kier alpha value is -2.89. The molecule has 12 heteroatoms. The highest BCUT2D eigenvalue weighted by Gasteiger charge is 2.34. The van der Waals surface area contributed by atoms with Crippen molar-refractivity contribution in [2.75, 3.05) is 13.6 Å². The lowest BCUT2D eigenvalue weighted by molar-refractivity contribution is -0.151. The molecule has 0 aliphatic heterocycles.